The number of phenolic OH excluding ortho intramolecular Hbond substituents is 1. The number of rotatable bonds is 3. The van der Waals surface area contributed by atoms with Gasteiger partial charge in [0, 0.05) is 11.1 Å². The van der Waals surface area contributed by atoms with Gasteiger partial charge in [-0.1, -0.05) is 41.5 Å². The van der Waals surface area contributed by atoms with Gasteiger partial charge in [-0.3, -0.25) is 0 Å². The fourth-order valence-electron chi connectivity index (χ4n) is 4.48. The number of hydrogen-bond acceptors (Lipinski definition) is 3. The van der Waals surface area contributed by atoms with E-state index in [9.17, 15) is 5.11 Å². The Morgan fingerprint density at radius 2 is 1.33 bits per heavy atom. The van der Waals surface area contributed by atoms with E-state index in [1.807, 2.05) is 0 Å². The van der Waals surface area contributed by atoms with E-state index in [0.717, 1.165) is 29.5 Å². The van der Waals surface area contributed by atoms with Gasteiger partial charge in [0.25, 0.3) is 0 Å². The summed E-state index contributed by atoms with van der Waals surface area (Å²) >= 11 is 0. The highest BCUT2D eigenvalue weighted by Crippen LogP contribution is 2.40. The molecule has 1 fully saturated rings. The summed E-state index contributed by atoms with van der Waals surface area (Å²) in [5, 5.41) is 14.6. The number of benzene rings is 1. The summed E-state index contributed by atoms with van der Waals surface area (Å²) in [7, 11) is 0. The highest BCUT2D eigenvalue weighted by molar-refractivity contribution is 5.49. The molecule has 3 heteroatoms. The fourth-order valence-corrected chi connectivity index (χ4v) is 4.48. The quantitative estimate of drug-likeness (QED) is 0.700. The smallest absolute Gasteiger partial charge is 0.123 e. The van der Waals surface area contributed by atoms with Crippen LogP contribution in [0.2, 0.25) is 0 Å². The largest absolute Gasteiger partial charge is 0.507 e. The van der Waals surface area contributed by atoms with Crippen LogP contribution < -0.4 is 5.32 Å². The minimum Gasteiger partial charge on any atom is -0.507 e. The highest BCUT2D eigenvalue weighted by Gasteiger charge is 2.38. The van der Waals surface area contributed by atoms with Crippen LogP contribution in [0.5, 0.6) is 5.75 Å². The minimum absolute atomic E-state index is 0.0779. The van der Waals surface area contributed by atoms with E-state index in [1.165, 1.54) is 0 Å². The van der Waals surface area contributed by atoms with Crippen molar-refractivity contribution in [3.63, 3.8) is 0 Å². The number of nitrogens with one attached hydrogen (secondary N) is 1. The second kappa shape index (κ2) is 7.08. The van der Waals surface area contributed by atoms with Crippen molar-refractivity contribution >= 4 is 0 Å². The molecular formula is C24H41NO2. The van der Waals surface area contributed by atoms with Gasteiger partial charge in [-0.25, -0.2) is 0 Å². The lowest BCUT2D eigenvalue weighted by Gasteiger charge is -2.46. The third-order valence-electron chi connectivity index (χ3n) is 5.42. The average Bonchev–Trinajstić information content (AvgIpc) is 2.40. The molecule has 0 radical (unpaired) electrons. The summed E-state index contributed by atoms with van der Waals surface area (Å²) in [5.74, 6) is 0.433. The maximum atomic E-state index is 10.9. The van der Waals surface area contributed by atoms with Crippen molar-refractivity contribution < 1.29 is 9.84 Å². The van der Waals surface area contributed by atoms with Gasteiger partial charge in [0.2, 0.25) is 0 Å². The van der Waals surface area contributed by atoms with Crippen LogP contribution in [-0.4, -0.2) is 22.3 Å². The normalized spacial score (nSPS) is 20.7. The molecule has 0 bridgehead atoms. The van der Waals surface area contributed by atoms with Crippen molar-refractivity contribution in [2.24, 2.45) is 0 Å². The average molecular weight is 376 g/mol. The molecule has 2 N–H and O–H groups in total. The summed E-state index contributed by atoms with van der Waals surface area (Å²) in [6, 6.07) is 4.25. The number of ether oxygens (including phenoxy) is 1. The van der Waals surface area contributed by atoms with Gasteiger partial charge in [0.1, 0.15) is 5.75 Å². The molecular weight excluding hydrogens is 334 g/mol. The highest BCUT2D eigenvalue weighted by atomic mass is 16.5. The molecule has 1 saturated heterocycles. The van der Waals surface area contributed by atoms with Crippen LogP contribution in [-0.2, 0) is 22.2 Å². The van der Waals surface area contributed by atoms with Crippen LogP contribution in [0.1, 0.15) is 98.8 Å². The van der Waals surface area contributed by atoms with Crippen molar-refractivity contribution in [2.75, 3.05) is 0 Å². The van der Waals surface area contributed by atoms with E-state index in [2.05, 4.69) is 86.7 Å². The van der Waals surface area contributed by atoms with Crippen LogP contribution in [0.25, 0.3) is 0 Å². The zero-order chi connectivity index (χ0) is 20.8. The van der Waals surface area contributed by atoms with Gasteiger partial charge in [0.15, 0.2) is 0 Å². The third-order valence-corrected chi connectivity index (χ3v) is 5.42. The minimum atomic E-state index is -0.112. The molecule has 1 aliphatic heterocycles. The zero-order valence-corrected chi connectivity index (χ0v) is 19.2. The third kappa shape index (κ3) is 5.71. The number of phenols is 1. The second-order valence-corrected chi connectivity index (χ2v) is 11.8. The van der Waals surface area contributed by atoms with Crippen LogP contribution in [0.4, 0.5) is 0 Å². The maximum absolute atomic E-state index is 10.9. The molecule has 1 aromatic carbocycles. The summed E-state index contributed by atoms with van der Waals surface area (Å²) in [6.07, 6.45) is 2.25. The Bertz CT molecular complexity index is 624. The zero-order valence-electron chi connectivity index (χ0n) is 19.2. The van der Waals surface area contributed by atoms with Crippen LogP contribution in [0.15, 0.2) is 12.1 Å². The van der Waals surface area contributed by atoms with Crippen molar-refractivity contribution in [2.45, 2.75) is 117 Å². The van der Waals surface area contributed by atoms with E-state index in [0.29, 0.717) is 12.4 Å². The van der Waals surface area contributed by atoms with Crippen molar-refractivity contribution in [3.05, 3.63) is 28.8 Å². The van der Waals surface area contributed by atoms with Gasteiger partial charge >= 0.3 is 0 Å². The number of piperidine rings is 1. The predicted molar refractivity (Wildman–Crippen MR) is 115 cm³/mol. The molecule has 0 spiro atoms. The maximum Gasteiger partial charge on any atom is 0.123 e. The molecule has 3 nitrogen and oxygen atoms in total. The molecule has 0 unspecified atom stereocenters. The first-order valence-corrected chi connectivity index (χ1v) is 10.3. The Labute approximate surface area is 166 Å². The molecule has 0 aliphatic carbocycles. The SMILES string of the molecule is CC1(C)CC(OCc2cc(C(C)(C)C)c(O)c(C(C)(C)C)c2)CC(C)(C)N1. The summed E-state index contributed by atoms with van der Waals surface area (Å²) < 4.78 is 6.39. The van der Waals surface area contributed by atoms with Crippen LogP contribution >= 0.6 is 0 Å². The molecule has 27 heavy (non-hydrogen) atoms. The molecule has 0 atom stereocenters. The number of hydrogen-bond donors (Lipinski definition) is 2. The molecule has 2 rings (SSSR count). The molecule has 1 aliphatic rings. The lowest BCUT2D eigenvalue weighted by atomic mass is 9.78. The summed E-state index contributed by atoms with van der Waals surface area (Å²) in [6.45, 7) is 22.5. The van der Waals surface area contributed by atoms with Crippen LogP contribution in [0.3, 0.4) is 0 Å². The molecule has 1 heterocycles. The van der Waals surface area contributed by atoms with E-state index in [1.54, 1.807) is 0 Å². The van der Waals surface area contributed by atoms with E-state index >= 15 is 0 Å². The Hall–Kier alpha value is -1.06. The molecule has 0 amide bonds. The van der Waals surface area contributed by atoms with Gasteiger partial charge < -0.3 is 15.2 Å². The topological polar surface area (TPSA) is 41.5 Å². The van der Waals surface area contributed by atoms with Gasteiger partial charge in [0.05, 0.1) is 12.7 Å². The summed E-state index contributed by atoms with van der Waals surface area (Å²) in [4.78, 5) is 0. The van der Waals surface area contributed by atoms with Crippen LogP contribution in [0, 0.1) is 0 Å². The first kappa shape index (κ1) is 22.2. The van der Waals surface area contributed by atoms with Gasteiger partial charge in [-0.15, -0.1) is 0 Å². The Balaban J connectivity index is 2.28. The molecule has 0 saturated carbocycles. The number of aromatic hydroxyl groups is 1. The van der Waals surface area contributed by atoms with E-state index < -0.39 is 0 Å². The standard InChI is InChI=1S/C24H41NO2/c1-21(2,3)18-11-16(12-19(20(18)26)22(4,5)6)15-27-17-13-23(7,8)25-24(9,10)14-17/h11-12,17,25-26H,13-15H2,1-10H3. The first-order chi connectivity index (χ1) is 12.0. The predicted octanol–water partition coefficient (Wildman–Crippen LogP) is 5.81. The lowest BCUT2D eigenvalue weighted by molar-refractivity contribution is -0.0304. The summed E-state index contributed by atoms with van der Waals surface area (Å²) in [5.41, 5.74) is 3.08. The van der Waals surface area contributed by atoms with Gasteiger partial charge in [-0.2, -0.15) is 0 Å². The van der Waals surface area contributed by atoms with E-state index in [-0.39, 0.29) is 28.0 Å². The van der Waals surface area contributed by atoms with Crippen molar-refractivity contribution in [3.8, 4) is 5.75 Å². The van der Waals surface area contributed by atoms with Crippen molar-refractivity contribution in [1.29, 1.82) is 0 Å². The van der Waals surface area contributed by atoms with Crippen molar-refractivity contribution in [1.82, 2.24) is 5.32 Å². The fraction of sp³-hybridized carbons (Fsp3) is 0.750. The first-order valence-electron chi connectivity index (χ1n) is 10.3. The van der Waals surface area contributed by atoms with Gasteiger partial charge in [-0.05, 0) is 80.2 Å². The molecule has 0 aromatic heterocycles. The Kier molecular flexibility index (Phi) is 5.83. The monoisotopic (exact) mass is 375 g/mol. The molecule has 1 aromatic rings. The lowest BCUT2D eigenvalue weighted by Crippen LogP contribution is -2.59. The van der Waals surface area contributed by atoms with E-state index in [4.69, 9.17) is 4.74 Å². The Morgan fingerprint density at radius 1 is 0.926 bits per heavy atom. The molecule has 154 valence electrons. The Morgan fingerprint density at radius 3 is 1.70 bits per heavy atom. The second-order valence-electron chi connectivity index (χ2n) is 11.8.